The van der Waals surface area contributed by atoms with Gasteiger partial charge < -0.3 is 13.9 Å². The van der Waals surface area contributed by atoms with E-state index in [4.69, 9.17) is 13.9 Å². The molecule has 108 valence electrons. The van der Waals surface area contributed by atoms with Crippen molar-refractivity contribution in [1.29, 1.82) is 0 Å². The van der Waals surface area contributed by atoms with Gasteiger partial charge in [-0.15, -0.1) is 0 Å². The fourth-order valence-corrected chi connectivity index (χ4v) is 1.87. The molecule has 0 aliphatic carbocycles. The van der Waals surface area contributed by atoms with Crippen LogP contribution in [0.4, 0.5) is 0 Å². The first-order chi connectivity index (χ1) is 9.68. The van der Waals surface area contributed by atoms with E-state index in [1.165, 1.54) is 6.26 Å². The Morgan fingerprint density at radius 2 is 1.95 bits per heavy atom. The van der Waals surface area contributed by atoms with Gasteiger partial charge in [0.1, 0.15) is 18.5 Å². The fourth-order valence-electron chi connectivity index (χ4n) is 1.87. The summed E-state index contributed by atoms with van der Waals surface area (Å²) in [6.07, 6.45) is 1.49. The number of ether oxygens (including phenoxy) is 2. The third kappa shape index (κ3) is 3.92. The Morgan fingerprint density at radius 1 is 1.20 bits per heavy atom. The van der Waals surface area contributed by atoms with Crippen molar-refractivity contribution < 1.29 is 18.7 Å². The normalized spacial score (nSPS) is 11.3. The number of furan rings is 1. The lowest BCUT2D eigenvalue weighted by atomic mass is 10.1. The summed E-state index contributed by atoms with van der Waals surface area (Å²) in [6, 6.07) is 7.47. The van der Waals surface area contributed by atoms with Gasteiger partial charge in [-0.2, -0.15) is 0 Å². The number of benzene rings is 1. The molecule has 0 aliphatic heterocycles. The largest absolute Gasteiger partial charge is 0.464 e. The average Bonchev–Trinajstić information content (AvgIpc) is 2.86. The summed E-state index contributed by atoms with van der Waals surface area (Å²) in [4.78, 5) is 12.0. The molecule has 0 saturated heterocycles. The molecule has 0 radical (unpaired) electrons. The molecule has 0 saturated carbocycles. The molecule has 0 spiro atoms. The molecule has 0 atom stereocenters. The monoisotopic (exact) mass is 276 g/mol. The van der Waals surface area contributed by atoms with Crippen LogP contribution in [0, 0.1) is 5.92 Å². The Hall–Kier alpha value is -1.65. The predicted octanol–water partition coefficient (Wildman–Crippen LogP) is 3.30. The molecular weight excluding hydrogens is 256 g/mol. The summed E-state index contributed by atoms with van der Waals surface area (Å²) in [7, 11) is 0. The van der Waals surface area contributed by atoms with Crippen molar-refractivity contribution in [2.45, 2.75) is 13.8 Å². The van der Waals surface area contributed by atoms with Gasteiger partial charge in [0, 0.05) is 12.0 Å². The van der Waals surface area contributed by atoms with Gasteiger partial charge in [0.2, 0.25) is 0 Å². The van der Waals surface area contributed by atoms with Crippen molar-refractivity contribution in [3.8, 4) is 0 Å². The summed E-state index contributed by atoms with van der Waals surface area (Å²) in [5.74, 6) is 0.438. The molecule has 1 heterocycles. The van der Waals surface area contributed by atoms with Crippen LogP contribution in [0.1, 0.15) is 24.2 Å². The molecule has 4 nitrogen and oxygen atoms in total. The van der Waals surface area contributed by atoms with E-state index in [2.05, 4.69) is 13.8 Å². The molecule has 0 aliphatic rings. The van der Waals surface area contributed by atoms with Crippen LogP contribution < -0.4 is 0 Å². The lowest BCUT2D eigenvalue weighted by molar-refractivity contribution is 0.0364. The number of hydrogen-bond donors (Lipinski definition) is 0. The van der Waals surface area contributed by atoms with Gasteiger partial charge in [0.15, 0.2) is 5.78 Å². The van der Waals surface area contributed by atoms with Crippen molar-refractivity contribution >= 4 is 16.8 Å². The van der Waals surface area contributed by atoms with Crippen molar-refractivity contribution in [3.63, 3.8) is 0 Å². The maximum Gasteiger partial charge on any atom is 0.192 e. The van der Waals surface area contributed by atoms with Gasteiger partial charge in [-0.05, 0) is 12.0 Å². The zero-order chi connectivity index (χ0) is 14.4. The van der Waals surface area contributed by atoms with Crippen LogP contribution in [0.5, 0.6) is 0 Å². The molecule has 2 rings (SSSR count). The number of carbonyl (C=O) groups excluding carboxylic acids is 1. The van der Waals surface area contributed by atoms with Crippen LogP contribution in [0.3, 0.4) is 0 Å². The summed E-state index contributed by atoms with van der Waals surface area (Å²) < 4.78 is 16.1. The Kier molecular flexibility index (Phi) is 5.32. The van der Waals surface area contributed by atoms with Crippen LogP contribution in [-0.4, -0.2) is 32.2 Å². The van der Waals surface area contributed by atoms with E-state index in [-0.39, 0.29) is 12.4 Å². The molecule has 0 bridgehead atoms. The third-order valence-corrected chi connectivity index (χ3v) is 2.84. The van der Waals surface area contributed by atoms with Crippen LogP contribution in [0.2, 0.25) is 0 Å². The van der Waals surface area contributed by atoms with E-state index < -0.39 is 0 Å². The molecule has 1 aromatic carbocycles. The molecule has 20 heavy (non-hydrogen) atoms. The van der Waals surface area contributed by atoms with Gasteiger partial charge in [0.25, 0.3) is 0 Å². The molecule has 0 amide bonds. The highest BCUT2D eigenvalue weighted by atomic mass is 16.5. The Labute approximate surface area is 118 Å². The standard InChI is InChI=1S/C16H20O4/c1-12(2)9-18-7-8-19-11-15(17)14-10-20-16-6-4-3-5-13(14)16/h3-6,10,12H,7-9,11H2,1-2H3. The lowest BCUT2D eigenvalue weighted by Crippen LogP contribution is -2.13. The van der Waals surface area contributed by atoms with Gasteiger partial charge in [0.05, 0.1) is 18.8 Å². The van der Waals surface area contributed by atoms with E-state index in [1.807, 2.05) is 24.3 Å². The fraction of sp³-hybridized carbons (Fsp3) is 0.438. The van der Waals surface area contributed by atoms with E-state index in [9.17, 15) is 4.79 Å². The molecule has 4 heteroatoms. The summed E-state index contributed by atoms with van der Waals surface area (Å²) in [5, 5.41) is 0.831. The first kappa shape index (κ1) is 14.8. The second kappa shape index (κ2) is 7.22. The maximum atomic E-state index is 12.0. The number of rotatable bonds is 8. The van der Waals surface area contributed by atoms with Gasteiger partial charge in [-0.25, -0.2) is 0 Å². The van der Waals surface area contributed by atoms with Crippen LogP contribution in [0.15, 0.2) is 34.9 Å². The lowest BCUT2D eigenvalue weighted by Gasteiger charge is -2.06. The van der Waals surface area contributed by atoms with Crippen LogP contribution in [-0.2, 0) is 9.47 Å². The Balaban J connectivity index is 1.78. The molecule has 0 unspecified atom stereocenters. The smallest absolute Gasteiger partial charge is 0.192 e. The summed E-state index contributed by atoms with van der Waals surface area (Å²) in [5.41, 5.74) is 1.29. The zero-order valence-corrected chi connectivity index (χ0v) is 11.9. The quantitative estimate of drug-likeness (QED) is 0.548. The van der Waals surface area contributed by atoms with E-state index in [1.54, 1.807) is 0 Å². The first-order valence-electron chi connectivity index (χ1n) is 6.83. The van der Waals surface area contributed by atoms with Gasteiger partial charge in [-0.3, -0.25) is 4.79 Å². The molecule has 1 aromatic heterocycles. The molecule has 0 fully saturated rings. The highest BCUT2D eigenvalue weighted by Gasteiger charge is 2.13. The average molecular weight is 276 g/mol. The number of para-hydroxylation sites is 1. The summed E-state index contributed by atoms with van der Waals surface area (Å²) >= 11 is 0. The second-order valence-electron chi connectivity index (χ2n) is 5.09. The van der Waals surface area contributed by atoms with Crippen LogP contribution in [0.25, 0.3) is 11.0 Å². The summed E-state index contributed by atoms with van der Waals surface area (Å²) in [6.45, 7) is 5.88. The number of hydrogen-bond acceptors (Lipinski definition) is 4. The minimum absolute atomic E-state index is 0.0502. The van der Waals surface area contributed by atoms with E-state index >= 15 is 0 Å². The second-order valence-corrected chi connectivity index (χ2v) is 5.09. The zero-order valence-electron chi connectivity index (χ0n) is 11.9. The minimum atomic E-state index is -0.0705. The number of ketones is 1. The molecule has 2 aromatic rings. The van der Waals surface area contributed by atoms with E-state index in [0.29, 0.717) is 31.3 Å². The van der Waals surface area contributed by atoms with E-state index in [0.717, 1.165) is 11.0 Å². The SMILES string of the molecule is CC(C)COCCOCC(=O)c1coc2ccccc12. The number of carbonyl (C=O) groups is 1. The Morgan fingerprint density at radius 3 is 2.75 bits per heavy atom. The van der Waals surface area contributed by atoms with Crippen molar-refractivity contribution in [3.05, 3.63) is 36.1 Å². The Bertz CT molecular complexity index is 556. The highest BCUT2D eigenvalue weighted by molar-refractivity contribution is 6.07. The third-order valence-electron chi connectivity index (χ3n) is 2.84. The van der Waals surface area contributed by atoms with Crippen LogP contribution >= 0.6 is 0 Å². The maximum absolute atomic E-state index is 12.0. The van der Waals surface area contributed by atoms with Crippen molar-refractivity contribution in [2.24, 2.45) is 5.92 Å². The predicted molar refractivity (Wildman–Crippen MR) is 77.0 cm³/mol. The number of Topliss-reactive ketones (excluding diaryl/α,β-unsaturated/α-hetero) is 1. The minimum Gasteiger partial charge on any atom is -0.464 e. The van der Waals surface area contributed by atoms with Crippen molar-refractivity contribution in [1.82, 2.24) is 0 Å². The van der Waals surface area contributed by atoms with Gasteiger partial charge in [-0.1, -0.05) is 32.0 Å². The molecular formula is C16H20O4. The molecule has 0 N–H and O–H groups in total. The van der Waals surface area contributed by atoms with Crippen molar-refractivity contribution in [2.75, 3.05) is 26.4 Å². The topological polar surface area (TPSA) is 48.7 Å². The highest BCUT2D eigenvalue weighted by Crippen LogP contribution is 2.20. The van der Waals surface area contributed by atoms with Gasteiger partial charge >= 0.3 is 0 Å². The number of fused-ring (bicyclic) bond motifs is 1. The first-order valence-corrected chi connectivity index (χ1v) is 6.83.